The van der Waals surface area contributed by atoms with Crippen LogP contribution in [0.25, 0.3) is 0 Å². The number of rotatable bonds is 1. The van der Waals surface area contributed by atoms with Crippen LogP contribution in [0.4, 0.5) is 0 Å². The minimum Gasteiger partial charge on any atom is -0.393 e. The molecule has 0 spiro atoms. The third kappa shape index (κ3) is 2.05. The molecule has 0 radical (unpaired) electrons. The summed E-state index contributed by atoms with van der Waals surface area (Å²) in [6, 6.07) is 8.20. The fraction of sp³-hybridized carbons (Fsp3) is 0.500. The van der Waals surface area contributed by atoms with Gasteiger partial charge in [0.05, 0.1) is 11.7 Å². The molecule has 3 rings (SSSR count). The summed E-state index contributed by atoms with van der Waals surface area (Å²) in [6.07, 6.45) is 3.34. The van der Waals surface area contributed by atoms with Gasteiger partial charge in [-0.2, -0.15) is 0 Å². The van der Waals surface area contributed by atoms with E-state index in [1.807, 2.05) is 29.2 Å². The second-order valence-corrected chi connectivity index (χ2v) is 6.36. The third-order valence-corrected chi connectivity index (χ3v) is 4.99. The van der Waals surface area contributed by atoms with Crippen LogP contribution in [0.15, 0.2) is 24.3 Å². The first-order valence-corrected chi connectivity index (χ1v) is 7.50. The monoisotopic (exact) mass is 357 g/mol. The van der Waals surface area contributed by atoms with Crippen LogP contribution in [0.3, 0.4) is 0 Å². The zero-order chi connectivity index (χ0) is 12.7. The number of aliphatic hydroxyl groups excluding tert-OH is 1. The SMILES string of the molecule is O=C(c1ccccc1I)N1C2CCC1CC(O)C2. The molecule has 4 heteroatoms. The van der Waals surface area contributed by atoms with Gasteiger partial charge >= 0.3 is 0 Å². The number of carbonyl (C=O) groups is 1. The highest BCUT2D eigenvalue weighted by Gasteiger charge is 2.43. The van der Waals surface area contributed by atoms with Crippen LogP contribution in [0.5, 0.6) is 0 Å². The van der Waals surface area contributed by atoms with E-state index in [1.54, 1.807) is 0 Å². The molecule has 1 amide bonds. The summed E-state index contributed by atoms with van der Waals surface area (Å²) in [5, 5.41) is 9.78. The van der Waals surface area contributed by atoms with E-state index in [2.05, 4.69) is 22.6 Å². The summed E-state index contributed by atoms with van der Waals surface area (Å²) in [5.74, 6) is 0.138. The van der Waals surface area contributed by atoms with Gasteiger partial charge in [-0.05, 0) is 60.4 Å². The van der Waals surface area contributed by atoms with E-state index in [9.17, 15) is 9.90 Å². The highest BCUT2D eigenvalue weighted by molar-refractivity contribution is 14.1. The van der Waals surface area contributed by atoms with Gasteiger partial charge in [0.1, 0.15) is 0 Å². The van der Waals surface area contributed by atoms with Crippen molar-refractivity contribution in [3.8, 4) is 0 Å². The summed E-state index contributed by atoms with van der Waals surface area (Å²) in [7, 11) is 0. The third-order valence-electron chi connectivity index (χ3n) is 4.05. The van der Waals surface area contributed by atoms with Crippen molar-refractivity contribution in [1.82, 2.24) is 4.90 Å². The second kappa shape index (κ2) is 4.81. The molecule has 2 atom stereocenters. The number of amides is 1. The summed E-state index contributed by atoms with van der Waals surface area (Å²) in [5.41, 5.74) is 0.798. The molecule has 0 aromatic heterocycles. The summed E-state index contributed by atoms with van der Waals surface area (Å²) < 4.78 is 1.01. The smallest absolute Gasteiger partial charge is 0.255 e. The van der Waals surface area contributed by atoms with E-state index in [4.69, 9.17) is 0 Å². The van der Waals surface area contributed by atoms with Gasteiger partial charge in [0, 0.05) is 15.7 Å². The van der Waals surface area contributed by atoms with Crippen molar-refractivity contribution in [2.45, 2.75) is 43.9 Å². The van der Waals surface area contributed by atoms with Crippen molar-refractivity contribution in [3.63, 3.8) is 0 Å². The molecular weight excluding hydrogens is 341 g/mol. The van der Waals surface area contributed by atoms with Crippen LogP contribution in [0, 0.1) is 3.57 Å². The van der Waals surface area contributed by atoms with Crippen molar-refractivity contribution >= 4 is 28.5 Å². The van der Waals surface area contributed by atoms with E-state index in [0.717, 1.165) is 34.8 Å². The molecule has 2 unspecified atom stereocenters. The minimum atomic E-state index is -0.221. The van der Waals surface area contributed by atoms with Crippen LogP contribution in [0.1, 0.15) is 36.0 Å². The number of piperidine rings is 1. The summed E-state index contributed by atoms with van der Waals surface area (Å²) >= 11 is 2.21. The highest BCUT2D eigenvalue weighted by Crippen LogP contribution is 2.37. The van der Waals surface area contributed by atoms with Crippen molar-refractivity contribution in [1.29, 1.82) is 0 Å². The first-order chi connectivity index (χ1) is 8.66. The molecular formula is C14H16INO2. The van der Waals surface area contributed by atoms with E-state index in [1.165, 1.54) is 0 Å². The largest absolute Gasteiger partial charge is 0.393 e. The Morgan fingerprint density at radius 2 is 1.83 bits per heavy atom. The number of hydrogen-bond acceptors (Lipinski definition) is 2. The number of nitrogens with zero attached hydrogens (tertiary/aromatic N) is 1. The van der Waals surface area contributed by atoms with Crippen molar-refractivity contribution < 1.29 is 9.90 Å². The Kier molecular flexibility index (Phi) is 3.32. The normalized spacial score (nSPS) is 30.6. The van der Waals surface area contributed by atoms with Crippen molar-refractivity contribution in [3.05, 3.63) is 33.4 Å². The van der Waals surface area contributed by atoms with Crippen LogP contribution in [-0.2, 0) is 0 Å². The first-order valence-electron chi connectivity index (χ1n) is 6.42. The molecule has 96 valence electrons. The van der Waals surface area contributed by atoms with E-state index in [-0.39, 0.29) is 24.1 Å². The van der Waals surface area contributed by atoms with Gasteiger partial charge in [-0.3, -0.25) is 4.79 Å². The fourth-order valence-electron chi connectivity index (χ4n) is 3.25. The quantitative estimate of drug-likeness (QED) is 0.785. The molecule has 2 heterocycles. The average molecular weight is 357 g/mol. The molecule has 1 aromatic carbocycles. The van der Waals surface area contributed by atoms with E-state index in [0.29, 0.717) is 0 Å². The molecule has 1 N–H and O–H groups in total. The van der Waals surface area contributed by atoms with Gasteiger partial charge in [0.2, 0.25) is 0 Å². The van der Waals surface area contributed by atoms with Crippen LogP contribution in [0.2, 0.25) is 0 Å². The lowest BCUT2D eigenvalue weighted by Crippen LogP contribution is -2.48. The summed E-state index contributed by atoms with van der Waals surface area (Å²) in [6.45, 7) is 0. The number of carbonyl (C=O) groups excluding carboxylic acids is 1. The Balaban J connectivity index is 1.88. The van der Waals surface area contributed by atoms with Crippen LogP contribution < -0.4 is 0 Å². The maximum absolute atomic E-state index is 12.6. The maximum Gasteiger partial charge on any atom is 0.255 e. The molecule has 2 saturated heterocycles. The Hall–Kier alpha value is -0.620. The van der Waals surface area contributed by atoms with E-state index < -0.39 is 0 Å². The Morgan fingerprint density at radius 1 is 1.22 bits per heavy atom. The molecule has 2 bridgehead atoms. The molecule has 2 aliphatic rings. The Morgan fingerprint density at radius 3 is 2.44 bits per heavy atom. The Labute approximate surface area is 120 Å². The second-order valence-electron chi connectivity index (χ2n) is 5.20. The molecule has 0 aliphatic carbocycles. The standard InChI is InChI=1S/C14H16INO2/c15-13-4-2-1-3-12(13)14(18)16-9-5-6-10(16)8-11(17)7-9/h1-4,9-11,17H,5-8H2. The van der Waals surface area contributed by atoms with Crippen molar-refractivity contribution in [2.24, 2.45) is 0 Å². The van der Waals surface area contributed by atoms with Gasteiger partial charge in [-0.1, -0.05) is 12.1 Å². The molecule has 18 heavy (non-hydrogen) atoms. The van der Waals surface area contributed by atoms with Gasteiger partial charge in [-0.15, -0.1) is 0 Å². The predicted molar refractivity (Wildman–Crippen MR) is 77.4 cm³/mol. The van der Waals surface area contributed by atoms with E-state index >= 15 is 0 Å². The van der Waals surface area contributed by atoms with Crippen LogP contribution in [-0.4, -0.2) is 34.1 Å². The lowest BCUT2D eigenvalue weighted by Gasteiger charge is -2.37. The Bertz CT molecular complexity index is 463. The predicted octanol–water partition coefficient (Wildman–Crippen LogP) is 2.42. The first kappa shape index (κ1) is 12.4. The van der Waals surface area contributed by atoms with Crippen LogP contribution >= 0.6 is 22.6 Å². The zero-order valence-corrected chi connectivity index (χ0v) is 12.2. The van der Waals surface area contributed by atoms with Gasteiger partial charge in [0.25, 0.3) is 5.91 Å². The lowest BCUT2D eigenvalue weighted by molar-refractivity contribution is 0.0286. The fourth-order valence-corrected chi connectivity index (χ4v) is 3.87. The molecule has 3 nitrogen and oxygen atoms in total. The van der Waals surface area contributed by atoms with Gasteiger partial charge in [0.15, 0.2) is 0 Å². The minimum absolute atomic E-state index is 0.138. The number of fused-ring (bicyclic) bond motifs is 2. The number of aliphatic hydroxyl groups is 1. The maximum atomic E-state index is 12.6. The molecule has 1 aromatic rings. The van der Waals surface area contributed by atoms with Gasteiger partial charge < -0.3 is 10.0 Å². The highest BCUT2D eigenvalue weighted by atomic mass is 127. The van der Waals surface area contributed by atoms with Gasteiger partial charge in [-0.25, -0.2) is 0 Å². The average Bonchev–Trinajstić information content (AvgIpc) is 2.61. The number of hydrogen-bond donors (Lipinski definition) is 1. The molecule has 2 aliphatic heterocycles. The topological polar surface area (TPSA) is 40.5 Å². The van der Waals surface area contributed by atoms with Crippen molar-refractivity contribution in [2.75, 3.05) is 0 Å². The molecule has 0 saturated carbocycles. The molecule has 2 fully saturated rings. The number of benzene rings is 1. The zero-order valence-electron chi connectivity index (χ0n) is 10.1. The lowest BCUT2D eigenvalue weighted by atomic mass is 9.99. The number of halogens is 1. The summed E-state index contributed by atoms with van der Waals surface area (Å²) in [4.78, 5) is 14.6.